The molecular weight excluding hydrogens is 312 g/mol. The minimum atomic E-state index is -3.74. The highest BCUT2D eigenvalue weighted by Gasteiger charge is 2.19. The van der Waals surface area contributed by atoms with Crippen molar-refractivity contribution in [3.8, 4) is 0 Å². The van der Waals surface area contributed by atoms with E-state index < -0.39 is 10.0 Å². The van der Waals surface area contributed by atoms with Crippen molar-refractivity contribution in [1.29, 1.82) is 0 Å². The Labute approximate surface area is 134 Å². The van der Waals surface area contributed by atoms with E-state index in [0.717, 1.165) is 5.39 Å². The Balaban J connectivity index is 2.09. The van der Waals surface area contributed by atoms with Gasteiger partial charge in [0.25, 0.3) is 10.0 Å². The highest BCUT2D eigenvalue weighted by atomic mass is 32.2. The third-order valence-electron chi connectivity index (χ3n) is 3.38. The van der Waals surface area contributed by atoms with E-state index in [4.69, 9.17) is 0 Å². The fraction of sp³-hybridized carbons (Fsp3) is 0.125. The molecule has 1 N–H and O–H groups in total. The van der Waals surface area contributed by atoms with E-state index in [1.807, 2.05) is 20.2 Å². The quantitative estimate of drug-likeness (QED) is 0.796. The molecule has 118 valence electrons. The summed E-state index contributed by atoms with van der Waals surface area (Å²) in [7, 11) is -0.122. The van der Waals surface area contributed by atoms with Crippen molar-refractivity contribution in [3.63, 3.8) is 0 Å². The zero-order valence-corrected chi connectivity index (χ0v) is 13.6. The summed E-state index contributed by atoms with van der Waals surface area (Å²) in [4.78, 5) is 10.2. The van der Waals surface area contributed by atoms with Crippen molar-refractivity contribution in [2.24, 2.45) is 0 Å². The van der Waals surface area contributed by atoms with Crippen LogP contribution in [-0.4, -0.2) is 32.5 Å². The molecule has 0 atom stereocenters. The highest BCUT2D eigenvalue weighted by Crippen LogP contribution is 2.27. The second-order valence-corrected chi connectivity index (χ2v) is 6.88. The normalized spacial score (nSPS) is 11.4. The van der Waals surface area contributed by atoms with E-state index in [1.165, 1.54) is 0 Å². The fourth-order valence-corrected chi connectivity index (χ4v) is 3.65. The van der Waals surface area contributed by atoms with E-state index in [1.54, 1.807) is 53.8 Å². The van der Waals surface area contributed by atoms with Crippen LogP contribution in [0.25, 0.3) is 10.8 Å². The molecule has 2 heterocycles. The molecule has 0 fully saturated rings. The van der Waals surface area contributed by atoms with Crippen molar-refractivity contribution in [3.05, 3.63) is 55.0 Å². The molecule has 0 saturated heterocycles. The Morgan fingerprint density at radius 3 is 2.65 bits per heavy atom. The van der Waals surface area contributed by atoms with Gasteiger partial charge in [0.15, 0.2) is 5.82 Å². The second kappa shape index (κ2) is 5.85. The van der Waals surface area contributed by atoms with Crippen LogP contribution in [0.3, 0.4) is 0 Å². The van der Waals surface area contributed by atoms with E-state index in [2.05, 4.69) is 14.7 Å². The van der Waals surface area contributed by atoms with Gasteiger partial charge in [-0.3, -0.25) is 9.71 Å². The summed E-state index contributed by atoms with van der Waals surface area (Å²) in [5.41, 5.74) is 0.434. The van der Waals surface area contributed by atoms with Gasteiger partial charge in [-0.05, 0) is 24.3 Å². The van der Waals surface area contributed by atoms with Gasteiger partial charge < -0.3 is 4.90 Å². The summed E-state index contributed by atoms with van der Waals surface area (Å²) in [6.07, 6.45) is 4.84. The number of sulfonamides is 1. The number of hydrogen-bond acceptors (Lipinski definition) is 5. The zero-order valence-electron chi connectivity index (χ0n) is 12.8. The number of fused-ring (bicyclic) bond motifs is 1. The Hall–Kier alpha value is -2.67. The lowest BCUT2D eigenvalue weighted by Crippen LogP contribution is -2.18. The minimum absolute atomic E-state index is 0.214. The van der Waals surface area contributed by atoms with Crippen LogP contribution in [0.2, 0.25) is 0 Å². The molecule has 7 heteroatoms. The van der Waals surface area contributed by atoms with Crippen molar-refractivity contribution in [1.82, 2.24) is 9.97 Å². The van der Waals surface area contributed by atoms with E-state index in [9.17, 15) is 8.42 Å². The van der Waals surface area contributed by atoms with Crippen molar-refractivity contribution in [2.75, 3.05) is 23.7 Å². The number of nitrogens with one attached hydrogen (secondary N) is 1. The van der Waals surface area contributed by atoms with Crippen LogP contribution >= 0.6 is 0 Å². The maximum absolute atomic E-state index is 12.8. The Bertz CT molecular complexity index is 950. The number of benzene rings is 1. The van der Waals surface area contributed by atoms with Crippen LogP contribution < -0.4 is 9.62 Å². The first-order chi connectivity index (χ1) is 11.0. The van der Waals surface area contributed by atoms with Crippen LogP contribution in [-0.2, 0) is 10.0 Å². The Morgan fingerprint density at radius 1 is 1.04 bits per heavy atom. The van der Waals surface area contributed by atoms with E-state index in [0.29, 0.717) is 16.9 Å². The lowest BCUT2D eigenvalue weighted by Gasteiger charge is -2.17. The molecule has 0 aliphatic carbocycles. The SMILES string of the molecule is CN(C)c1ncccc1NS(=O)(=O)c1cccc2cnccc12. The van der Waals surface area contributed by atoms with Crippen LogP contribution in [0.4, 0.5) is 11.5 Å². The molecule has 0 unspecified atom stereocenters. The number of anilines is 2. The number of nitrogens with zero attached hydrogens (tertiary/aromatic N) is 3. The number of rotatable bonds is 4. The summed E-state index contributed by atoms with van der Waals surface area (Å²) in [6.45, 7) is 0. The smallest absolute Gasteiger partial charge is 0.262 e. The van der Waals surface area contributed by atoms with Gasteiger partial charge in [0.05, 0.1) is 10.6 Å². The second-order valence-electron chi connectivity index (χ2n) is 5.23. The number of hydrogen-bond donors (Lipinski definition) is 1. The predicted molar refractivity (Wildman–Crippen MR) is 91.1 cm³/mol. The molecule has 1 aromatic carbocycles. The largest absolute Gasteiger partial charge is 0.361 e. The summed E-state index contributed by atoms with van der Waals surface area (Å²) in [5.74, 6) is 0.554. The van der Waals surface area contributed by atoms with Gasteiger partial charge in [-0.2, -0.15) is 0 Å². The van der Waals surface area contributed by atoms with Gasteiger partial charge >= 0.3 is 0 Å². The van der Waals surface area contributed by atoms with E-state index >= 15 is 0 Å². The molecule has 0 saturated carbocycles. The van der Waals surface area contributed by atoms with Crippen molar-refractivity contribution >= 4 is 32.3 Å². The van der Waals surface area contributed by atoms with Crippen LogP contribution in [0.15, 0.2) is 59.9 Å². The molecule has 6 nitrogen and oxygen atoms in total. The van der Waals surface area contributed by atoms with Gasteiger partial charge in [0.1, 0.15) is 0 Å². The Morgan fingerprint density at radius 2 is 1.87 bits per heavy atom. The third kappa shape index (κ3) is 2.95. The standard InChI is InChI=1S/C16H16N4O2S/c1-20(2)16-14(6-4-9-18-16)19-23(21,22)15-7-3-5-12-11-17-10-8-13(12)15/h3-11,19H,1-2H3. The molecule has 0 amide bonds. The van der Waals surface area contributed by atoms with Gasteiger partial charge in [-0.25, -0.2) is 13.4 Å². The average Bonchev–Trinajstić information content (AvgIpc) is 2.54. The zero-order chi connectivity index (χ0) is 16.4. The average molecular weight is 328 g/mol. The molecule has 23 heavy (non-hydrogen) atoms. The van der Waals surface area contributed by atoms with Gasteiger partial charge in [0.2, 0.25) is 0 Å². The van der Waals surface area contributed by atoms with Crippen LogP contribution in [0, 0.1) is 0 Å². The Kier molecular flexibility index (Phi) is 3.87. The number of pyridine rings is 2. The molecule has 3 aromatic rings. The highest BCUT2D eigenvalue weighted by molar-refractivity contribution is 7.93. The summed E-state index contributed by atoms with van der Waals surface area (Å²) >= 11 is 0. The first kappa shape index (κ1) is 15.2. The lowest BCUT2D eigenvalue weighted by molar-refractivity contribution is 0.602. The summed E-state index contributed by atoms with van der Waals surface area (Å²) in [5, 5.41) is 1.40. The molecular formula is C16H16N4O2S. The van der Waals surface area contributed by atoms with Gasteiger partial charge in [-0.1, -0.05) is 12.1 Å². The maximum atomic E-state index is 12.8. The van der Waals surface area contributed by atoms with Gasteiger partial charge in [-0.15, -0.1) is 0 Å². The van der Waals surface area contributed by atoms with Crippen molar-refractivity contribution < 1.29 is 8.42 Å². The maximum Gasteiger partial charge on any atom is 0.262 e. The molecule has 2 aromatic heterocycles. The molecule has 3 rings (SSSR count). The molecule has 0 aliphatic rings. The lowest BCUT2D eigenvalue weighted by atomic mass is 10.2. The predicted octanol–water partition coefficient (Wildman–Crippen LogP) is 2.50. The first-order valence-corrected chi connectivity index (χ1v) is 8.45. The van der Waals surface area contributed by atoms with Gasteiger partial charge in [0, 0.05) is 43.5 Å². The number of aromatic nitrogens is 2. The monoisotopic (exact) mass is 328 g/mol. The molecule has 0 spiro atoms. The minimum Gasteiger partial charge on any atom is -0.361 e. The topological polar surface area (TPSA) is 75.2 Å². The summed E-state index contributed by atoms with van der Waals surface area (Å²) < 4.78 is 28.2. The fourth-order valence-electron chi connectivity index (χ4n) is 2.36. The van der Waals surface area contributed by atoms with E-state index in [-0.39, 0.29) is 4.90 Å². The first-order valence-electron chi connectivity index (χ1n) is 6.97. The van der Waals surface area contributed by atoms with Crippen molar-refractivity contribution in [2.45, 2.75) is 4.90 Å². The molecule has 0 bridgehead atoms. The third-order valence-corrected chi connectivity index (χ3v) is 4.81. The summed E-state index contributed by atoms with van der Waals surface area (Å²) in [6, 6.07) is 10.2. The molecule has 0 radical (unpaired) electrons. The van der Waals surface area contributed by atoms with Crippen LogP contribution in [0.5, 0.6) is 0 Å². The molecule has 0 aliphatic heterocycles. The van der Waals surface area contributed by atoms with Crippen LogP contribution in [0.1, 0.15) is 0 Å².